The summed E-state index contributed by atoms with van der Waals surface area (Å²) in [6.07, 6.45) is 0.376. The maximum atomic E-state index is 11.8. The van der Waals surface area contributed by atoms with Gasteiger partial charge in [-0.05, 0) is 25.0 Å². The zero-order valence-electron chi connectivity index (χ0n) is 12.0. The molecule has 2 aromatic carbocycles. The summed E-state index contributed by atoms with van der Waals surface area (Å²) >= 11 is 0. The van der Waals surface area contributed by atoms with E-state index in [0.717, 1.165) is 11.1 Å². The first-order valence-electron chi connectivity index (χ1n) is 6.98. The molecule has 0 bridgehead atoms. The van der Waals surface area contributed by atoms with Crippen molar-refractivity contribution in [1.29, 1.82) is 0 Å². The zero-order chi connectivity index (χ0) is 14.4. The van der Waals surface area contributed by atoms with E-state index in [1.807, 2.05) is 25.1 Å². The Balaban J connectivity index is 2.29. The van der Waals surface area contributed by atoms with Crippen molar-refractivity contribution in [2.24, 2.45) is 0 Å². The molecule has 0 fully saturated rings. The fraction of sp³-hybridized carbons (Fsp3) is 0.278. The molecule has 104 valence electrons. The lowest BCUT2D eigenvalue weighted by Gasteiger charge is -2.17. The second-order valence-corrected chi connectivity index (χ2v) is 4.88. The number of benzene rings is 2. The molecule has 0 saturated carbocycles. The van der Waals surface area contributed by atoms with Crippen LogP contribution >= 0.6 is 0 Å². The van der Waals surface area contributed by atoms with Crippen LogP contribution in [-0.4, -0.2) is 12.6 Å². The van der Waals surface area contributed by atoms with Crippen molar-refractivity contribution in [3.63, 3.8) is 0 Å². The van der Waals surface area contributed by atoms with Crippen molar-refractivity contribution >= 4 is 5.97 Å². The number of ether oxygens (including phenoxy) is 1. The normalized spacial score (nSPS) is 11.9. The van der Waals surface area contributed by atoms with E-state index in [-0.39, 0.29) is 11.9 Å². The molecule has 2 heteroatoms. The van der Waals surface area contributed by atoms with Gasteiger partial charge in [-0.3, -0.25) is 4.79 Å². The Labute approximate surface area is 120 Å². The van der Waals surface area contributed by atoms with Crippen LogP contribution in [0.15, 0.2) is 54.6 Å². The maximum absolute atomic E-state index is 11.8. The fourth-order valence-electron chi connectivity index (χ4n) is 2.30. The molecule has 1 atom stereocenters. The van der Waals surface area contributed by atoms with Gasteiger partial charge in [0, 0.05) is 5.92 Å². The van der Waals surface area contributed by atoms with E-state index in [4.69, 9.17) is 4.74 Å². The maximum Gasteiger partial charge on any atom is 0.306 e. The number of hydrogen-bond acceptors (Lipinski definition) is 2. The van der Waals surface area contributed by atoms with Gasteiger partial charge in [-0.2, -0.15) is 0 Å². The molecule has 2 aromatic rings. The molecule has 0 aliphatic rings. The Hall–Kier alpha value is -2.09. The van der Waals surface area contributed by atoms with Crippen LogP contribution in [0, 0.1) is 6.92 Å². The minimum absolute atomic E-state index is 0.0517. The second-order valence-electron chi connectivity index (χ2n) is 4.88. The molecule has 1 unspecified atom stereocenters. The van der Waals surface area contributed by atoms with Gasteiger partial charge in [0.2, 0.25) is 0 Å². The molecule has 0 aliphatic carbocycles. The zero-order valence-corrected chi connectivity index (χ0v) is 12.0. The highest BCUT2D eigenvalue weighted by Crippen LogP contribution is 2.28. The molecule has 0 heterocycles. The lowest BCUT2D eigenvalue weighted by molar-refractivity contribution is -0.143. The minimum Gasteiger partial charge on any atom is -0.466 e. The van der Waals surface area contributed by atoms with Gasteiger partial charge in [-0.25, -0.2) is 0 Å². The monoisotopic (exact) mass is 268 g/mol. The van der Waals surface area contributed by atoms with Gasteiger partial charge in [0.05, 0.1) is 13.0 Å². The van der Waals surface area contributed by atoms with Crippen LogP contribution in [0.2, 0.25) is 0 Å². The molecule has 0 aromatic heterocycles. The first-order valence-corrected chi connectivity index (χ1v) is 6.98. The summed E-state index contributed by atoms with van der Waals surface area (Å²) in [6.45, 7) is 4.32. The summed E-state index contributed by atoms with van der Waals surface area (Å²) in [5, 5.41) is 0. The average Bonchev–Trinajstić information content (AvgIpc) is 2.47. The molecule has 0 amide bonds. The van der Waals surface area contributed by atoms with Crippen LogP contribution in [0.4, 0.5) is 0 Å². The van der Waals surface area contributed by atoms with E-state index >= 15 is 0 Å². The highest BCUT2D eigenvalue weighted by atomic mass is 16.5. The SMILES string of the molecule is CCOC(=O)CC(c1ccccc1)c1ccc(C)cc1. The van der Waals surface area contributed by atoms with Gasteiger partial charge in [-0.1, -0.05) is 60.2 Å². The number of aryl methyl sites for hydroxylation is 1. The molecule has 0 spiro atoms. The number of carbonyl (C=O) groups excluding carboxylic acids is 1. The highest BCUT2D eigenvalue weighted by Gasteiger charge is 2.18. The number of rotatable bonds is 5. The molecule has 2 rings (SSSR count). The largest absolute Gasteiger partial charge is 0.466 e. The summed E-state index contributed by atoms with van der Waals surface area (Å²) in [4.78, 5) is 11.8. The molecule has 20 heavy (non-hydrogen) atoms. The summed E-state index contributed by atoms with van der Waals surface area (Å²) in [5.74, 6) is -0.0993. The Morgan fingerprint density at radius 2 is 1.60 bits per heavy atom. The van der Waals surface area contributed by atoms with Crippen molar-refractivity contribution in [3.05, 3.63) is 71.3 Å². The Morgan fingerprint density at radius 3 is 2.20 bits per heavy atom. The minimum atomic E-state index is -0.151. The molecular weight excluding hydrogens is 248 g/mol. The molecular formula is C18H20O2. The van der Waals surface area contributed by atoms with Gasteiger partial charge in [-0.15, -0.1) is 0 Å². The van der Waals surface area contributed by atoms with Crippen LogP contribution in [0.25, 0.3) is 0 Å². The van der Waals surface area contributed by atoms with Crippen LogP contribution in [0.5, 0.6) is 0 Å². The van der Waals surface area contributed by atoms with Crippen LogP contribution in [0.3, 0.4) is 0 Å². The van der Waals surface area contributed by atoms with E-state index in [1.54, 1.807) is 0 Å². The van der Waals surface area contributed by atoms with Gasteiger partial charge >= 0.3 is 5.97 Å². The van der Waals surface area contributed by atoms with Gasteiger partial charge < -0.3 is 4.74 Å². The Kier molecular flexibility index (Phi) is 4.94. The van der Waals surface area contributed by atoms with Gasteiger partial charge in [0.15, 0.2) is 0 Å². The van der Waals surface area contributed by atoms with Gasteiger partial charge in [0.1, 0.15) is 0 Å². The third kappa shape index (κ3) is 3.70. The second kappa shape index (κ2) is 6.90. The quantitative estimate of drug-likeness (QED) is 0.764. The number of esters is 1. The number of carbonyl (C=O) groups is 1. The lowest BCUT2D eigenvalue weighted by Crippen LogP contribution is -2.11. The van der Waals surface area contributed by atoms with E-state index in [9.17, 15) is 4.79 Å². The van der Waals surface area contributed by atoms with Gasteiger partial charge in [0.25, 0.3) is 0 Å². The molecule has 0 saturated heterocycles. The molecule has 2 nitrogen and oxygen atoms in total. The fourth-order valence-corrected chi connectivity index (χ4v) is 2.30. The standard InChI is InChI=1S/C18H20O2/c1-3-20-18(19)13-17(15-7-5-4-6-8-15)16-11-9-14(2)10-12-16/h4-12,17H,3,13H2,1-2H3. The first kappa shape index (κ1) is 14.3. The smallest absolute Gasteiger partial charge is 0.306 e. The highest BCUT2D eigenvalue weighted by molar-refractivity contribution is 5.71. The third-order valence-electron chi connectivity index (χ3n) is 3.36. The molecule has 0 radical (unpaired) electrons. The van der Waals surface area contributed by atoms with Crippen molar-refractivity contribution in [1.82, 2.24) is 0 Å². The third-order valence-corrected chi connectivity index (χ3v) is 3.36. The van der Waals surface area contributed by atoms with Crippen molar-refractivity contribution in [2.45, 2.75) is 26.2 Å². The number of hydrogen-bond donors (Lipinski definition) is 0. The van der Waals surface area contributed by atoms with Crippen LogP contribution in [-0.2, 0) is 9.53 Å². The predicted molar refractivity (Wildman–Crippen MR) is 80.7 cm³/mol. The topological polar surface area (TPSA) is 26.3 Å². The summed E-state index contributed by atoms with van der Waals surface area (Å²) in [6, 6.07) is 18.4. The van der Waals surface area contributed by atoms with Crippen LogP contribution in [0.1, 0.15) is 36.0 Å². The summed E-state index contributed by atoms with van der Waals surface area (Å²) in [7, 11) is 0. The van der Waals surface area contributed by atoms with E-state index < -0.39 is 0 Å². The van der Waals surface area contributed by atoms with Crippen molar-refractivity contribution in [3.8, 4) is 0 Å². The summed E-state index contributed by atoms with van der Waals surface area (Å²) in [5.41, 5.74) is 3.51. The lowest BCUT2D eigenvalue weighted by atomic mass is 9.88. The van der Waals surface area contributed by atoms with E-state index in [1.165, 1.54) is 5.56 Å². The van der Waals surface area contributed by atoms with Crippen molar-refractivity contribution in [2.75, 3.05) is 6.61 Å². The van der Waals surface area contributed by atoms with Crippen LogP contribution < -0.4 is 0 Å². The predicted octanol–water partition coefficient (Wildman–Crippen LogP) is 4.08. The summed E-state index contributed by atoms with van der Waals surface area (Å²) < 4.78 is 5.10. The molecule has 0 N–H and O–H groups in total. The Morgan fingerprint density at radius 1 is 1.00 bits per heavy atom. The molecule has 0 aliphatic heterocycles. The van der Waals surface area contributed by atoms with E-state index in [0.29, 0.717) is 13.0 Å². The van der Waals surface area contributed by atoms with E-state index in [2.05, 4.69) is 43.3 Å². The average molecular weight is 268 g/mol. The Bertz CT molecular complexity index is 543. The van der Waals surface area contributed by atoms with Crippen molar-refractivity contribution < 1.29 is 9.53 Å². The first-order chi connectivity index (χ1) is 9.70.